The number of aliphatic hydroxyl groups is 1. The molecule has 2 N–H and O–H groups in total. The van der Waals surface area contributed by atoms with Crippen molar-refractivity contribution in [1.29, 1.82) is 0 Å². The van der Waals surface area contributed by atoms with Gasteiger partial charge >= 0.3 is 12.7 Å². The van der Waals surface area contributed by atoms with Gasteiger partial charge in [-0.25, -0.2) is 18.4 Å². The zero-order valence-corrected chi connectivity index (χ0v) is 24.8. The lowest BCUT2D eigenvalue weighted by Crippen LogP contribution is -2.49. The van der Waals surface area contributed by atoms with E-state index in [-0.39, 0.29) is 70.8 Å². The van der Waals surface area contributed by atoms with Gasteiger partial charge in [-0.2, -0.15) is 27.1 Å². The minimum atomic E-state index is -5.02. The molecule has 5 rings (SSSR count). The topological polar surface area (TPSA) is 98.5 Å². The van der Waals surface area contributed by atoms with Gasteiger partial charge in [-0.05, 0) is 68.1 Å². The standard InChI is InChI=1S/C31H29F7N4O4/c1-4-16-13-23(40-25(26(16)46-5-2)17-6-7-21(32)20(11-17)31(36,37)38)30(44,29(35)8-9-29)15-39-27(43)18-10-19-14-42(28(33)34)41-24(19)22(12-18)45-3/h6-7,10-14,28,44H,4-5,8-9,15H2,1-3H3,(H,39,43)/t30-/m0/s1. The van der Waals surface area contributed by atoms with Gasteiger partial charge in [0.15, 0.2) is 5.60 Å². The molecule has 0 radical (unpaired) electrons. The molecule has 246 valence electrons. The van der Waals surface area contributed by atoms with Crippen molar-refractivity contribution < 1.29 is 50.1 Å². The smallest absolute Gasteiger partial charge is 0.419 e. The van der Waals surface area contributed by atoms with Crippen molar-refractivity contribution in [3.05, 3.63) is 70.8 Å². The quantitative estimate of drug-likeness (QED) is 0.174. The molecule has 0 saturated heterocycles. The van der Waals surface area contributed by atoms with Crippen LogP contribution in [0.5, 0.6) is 11.5 Å². The van der Waals surface area contributed by atoms with E-state index in [1.54, 1.807) is 13.8 Å². The maximum Gasteiger partial charge on any atom is 0.419 e. The zero-order chi connectivity index (χ0) is 33.6. The van der Waals surface area contributed by atoms with Crippen LogP contribution in [0.4, 0.5) is 30.7 Å². The molecule has 1 amide bonds. The van der Waals surface area contributed by atoms with Crippen LogP contribution in [0.2, 0.25) is 0 Å². The van der Waals surface area contributed by atoms with E-state index < -0.39 is 47.8 Å². The van der Waals surface area contributed by atoms with Crippen LogP contribution in [-0.2, 0) is 18.2 Å². The number of ether oxygens (including phenoxy) is 2. The van der Waals surface area contributed by atoms with Gasteiger partial charge in [0, 0.05) is 22.7 Å². The van der Waals surface area contributed by atoms with Crippen LogP contribution in [0.3, 0.4) is 0 Å². The molecule has 1 atom stereocenters. The summed E-state index contributed by atoms with van der Waals surface area (Å²) < 4.78 is 109. The van der Waals surface area contributed by atoms with Crippen LogP contribution in [0, 0.1) is 5.82 Å². The number of hydrogen-bond donors (Lipinski definition) is 2. The summed E-state index contributed by atoms with van der Waals surface area (Å²) >= 11 is 0. The molecule has 1 aliphatic rings. The molecule has 0 unspecified atom stereocenters. The molecular formula is C31H29F7N4O4. The summed E-state index contributed by atoms with van der Waals surface area (Å²) in [6, 6.07) is 6.15. The largest absolute Gasteiger partial charge is 0.494 e. The highest BCUT2D eigenvalue weighted by Crippen LogP contribution is 2.54. The zero-order valence-electron chi connectivity index (χ0n) is 24.8. The molecule has 1 fully saturated rings. The van der Waals surface area contributed by atoms with Crippen molar-refractivity contribution >= 4 is 16.8 Å². The fraction of sp³-hybridized carbons (Fsp3) is 0.387. The number of fused-ring (bicyclic) bond motifs is 1. The van der Waals surface area contributed by atoms with Crippen LogP contribution in [-0.4, -0.2) is 51.7 Å². The summed E-state index contributed by atoms with van der Waals surface area (Å²) in [5, 5.41) is 18.3. The molecule has 1 saturated carbocycles. The summed E-state index contributed by atoms with van der Waals surface area (Å²) in [6.45, 7) is -0.232. The lowest BCUT2D eigenvalue weighted by molar-refractivity contribution is -0.139. The second kappa shape index (κ2) is 12.1. The van der Waals surface area contributed by atoms with Crippen molar-refractivity contribution in [2.45, 2.75) is 57.1 Å². The number of benzene rings is 2. The highest BCUT2D eigenvalue weighted by molar-refractivity contribution is 5.99. The van der Waals surface area contributed by atoms with Gasteiger partial charge in [-0.1, -0.05) is 6.92 Å². The van der Waals surface area contributed by atoms with E-state index in [1.807, 2.05) is 0 Å². The number of aromatic nitrogens is 3. The molecular weight excluding hydrogens is 625 g/mol. The number of amides is 1. The average molecular weight is 655 g/mol. The third-order valence-corrected chi connectivity index (χ3v) is 7.90. The number of pyridine rings is 1. The normalized spacial score (nSPS) is 15.6. The molecule has 8 nitrogen and oxygen atoms in total. The fourth-order valence-corrected chi connectivity index (χ4v) is 5.27. The van der Waals surface area contributed by atoms with Crippen molar-refractivity contribution in [2.24, 2.45) is 0 Å². The van der Waals surface area contributed by atoms with E-state index in [0.29, 0.717) is 22.4 Å². The Morgan fingerprint density at radius 2 is 1.87 bits per heavy atom. The van der Waals surface area contributed by atoms with Gasteiger partial charge < -0.3 is 19.9 Å². The molecule has 15 heteroatoms. The summed E-state index contributed by atoms with van der Waals surface area (Å²) in [5.41, 5.74) is -6.54. The van der Waals surface area contributed by atoms with Gasteiger partial charge in [-0.15, -0.1) is 0 Å². The number of methoxy groups -OCH3 is 1. The van der Waals surface area contributed by atoms with E-state index in [4.69, 9.17) is 9.47 Å². The molecule has 2 aromatic carbocycles. The Hall–Kier alpha value is -4.40. The van der Waals surface area contributed by atoms with Gasteiger partial charge in [0.05, 0.1) is 31.5 Å². The van der Waals surface area contributed by atoms with Gasteiger partial charge in [0.2, 0.25) is 0 Å². The van der Waals surface area contributed by atoms with E-state index in [1.165, 1.54) is 25.3 Å². The Balaban J connectivity index is 1.56. The molecule has 46 heavy (non-hydrogen) atoms. The van der Waals surface area contributed by atoms with E-state index in [9.17, 15) is 36.2 Å². The maximum absolute atomic E-state index is 16.0. The first-order valence-corrected chi connectivity index (χ1v) is 14.2. The summed E-state index contributed by atoms with van der Waals surface area (Å²) in [4.78, 5) is 17.7. The van der Waals surface area contributed by atoms with Gasteiger partial charge in [0.1, 0.15) is 34.2 Å². The second-order valence-corrected chi connectivity index (χ2v) is 10.8. The van der Waals surface area contributed by atoms with Crippen LogP contribution < -0.4 is 14.8 Å². The SMILES string of the molecule is CCOc1c(CC)cc([C@@](O)(CNC(=O)c2cc(OC)c3nn(C(F)F)cc3c2)C2(F)CC2)nc1-c1ccc(F)c(C(F)(F)F)c1. The Kier molecular flexibility index (Phi) is 8.66. The first-order chi connectivity index (χ1) is 21.7. The monoisotopic (exact) mass is 654 g/mol. The Bertz CT molecular complexity index is 1790. The second-order valence-electron chi connectivity index (χ2n) is 10.8. The highest BCUT2D eigenvalue weighted by Gasteiger charge is 2.62. The lowest BCUT2D eigenvalue weighted by Gasteiger charge is -2.33. The number of alkyl halides is 6. The highest BCUT2D eigenvalue weighted by atomic mass is 19.4. The van der Waals surface area contributed by atoms with Gasteiger partial charge in [-0.3, -0.25) is 4.79 Å². The number of nitrogens with zero attached hydrogens (tertiary/aromatic N) is 3. The van der Waals surface area contributed by atoms with E-state index in [2.05, 4.69) is 15.4 Å². The van der Waals surface area contributed by atoms with Crippen LogP contribution in [0.15, 0.2) is 42.6 Å². The number of carbonyl (C=O) groups is 1. The van der Waals surface area contributed by atoms with Crippen LogP contribution in [0.25, 0.3) is 22.2 Å². The van der Waals surface area contributed by atoms with Crippen molar-refractivity contribution in [3.8, 4) is 22.8 Å². The predicted molar refractivity (Wildman–Crippen MR) is 152 cm³/mol. The summed E-state index contributed by atoms with van der Waals surface area (Å²) in [6.07, 6.45) is -3.98. The number of nitrogens with one attached hydrogen (secondary N) is 1. The Morgan fingerprint density at radius 1 is 1.15 bits per heavy atom. The molecule has 0 spiro atoms. The first kappa shape index (κ1) is 33.0. The lowest BCUT2D eigenvalue weighted by atomic mass is 9.88. The molecule has 0 bridgehead atoms. The number of rotatable bonds is 11. The van der Waals surface area contributed by atoms with Crippen LogP contribution in [0.1, 0.15) is 60.4 Å². The molecule has 4 aromatic rings. The number of hydrogen-bond acceptors (Lipinski definition) is 6. The molecule has 0 aliphatic heterocycles. The number of aryl methyl sites for hydroxylation is 1. The minimum absolute atomic E-state index is 0.0180. The van der Waals surface area contributed by atoms with Crippen molar-refractivity contribution in [3.63, 3.8) is 0 Å². The van der Waals surface area contributed by atoms with Gasteiger partial charge in [0.25, 0.3) is 5.91 Å². The number of carbonyl (C=O) groups excluding carboxylic acids is 1. The Labute approximate surface area is 258 Å². The van der Waals surface area contributed by atoms with E-state index in [0.717, 1.165) is 12.3 Å². The summed E-state index contributed by atoms with van der Waals surface area (Å²) in [5.74, 6) is -2.22. The van der Waals surface area contributed by atoms with Crippen molar-refractivity contribution in [1.82, 2.24) is 20.1 Å². The third kappa shape index (κ3) is 5.95. The fourth-order valence-electron chi connectivity index (χ4n) is 5.27. The maximum atomic E-state index is 16.0. The third-order valence-electron chi connectivity index (χ3n) is 7.90. The van der Waals surface area contributed by atoms with Crippen molar-refractivity contribution in [2.75, 3.05) is 20.3 Å². The Morgan fingerprint density at radius 3 is 2.46 bits per heavy atom. The molecule has 1 aliphatic carbocycles. The minimum Gasteiger partial charge on any atom is -0.494 e. The predicted octanol–water partition coefficient (Wildman–Crippen LogP) is 6.74. The average Bonchev–Trinajstić information content (AvgIpc) is 3.62. The van der Waals surface area contributed by atoms with E-state index >= 15 is 4.39 Å². The first-order valence-electron chi connectivity index (χ1n) is 14.2. The number of halogens is 7. The summed E-state index contributed by atoms with van der Waals surface area (Å²) in [7, 11) is 1.26. The molecule has 2 heterocycles. The van der Waals surface area contributed by atoms with Crippen LogP contribution >= 0.6 is 0 Å². The molecule has 2 aromatic heterocycles.